The molecule has 0 saturated heterocycles. The Morgan fingerprint density at radius 1 is 0.913 bits per heavy atom. The standard InChI is InChI=1S/C19H34O4/c1-4-6-7-9-15(8-5-2)14-23-19(21)17-12-10-16(11-13-17)18(20)22-3/h15-17H,4-14H2,1-3H3. The van der Waals surface area contributed by atoms with E-state index in [4.69, 9.17) is 9.47 Å². The maximum absolute atomic E-state index is 12.2. The van der Waals surface area contributed by atoms with E-state index >= 15 is 0 Å². The first-order valence-electron chi connectivity index (χ1n) is 9.36. The Morgan fingerprint density at radius 3 is 2.04 bits per heavy atom. The summed E-state index contributed by atoms with van der Waals surface area (Å²) in [4.78, 5) is 23.8. The molecule has 1 saturated carbocycles. The summed E-state index contributed by atoms with van der Waals surface area (Å²) in [6.07, 6.45) is 10.1. The molecular weight excluding hydrogens is 292 g/mol. The molecule has 4 nitrogen and oxygen atoms in total. The number of hydrogen-bond acceptors (Lipinski definition) is 4. The lowest BCUT2D eigenvalue weighted by Crippen LogP contribution is -2.28. The number of unbranched alkanes of at least 4 members (excludes halogenated alkanes) is 2. The molecule has 0 spiro atoms. The van der Waals surface area contributed by atoms with Crippen molar-refractivity contribution in [3.63, 3.8) is 0 Å². The van der Waals surface area contributed by atoms with E-state index in [0.29, 0.717) is 12.5 Å². The minimum absolute atomic E-state index is 0.0335. The highest BCUT2D eigenvalue weighted by molar-refractivity contribution is 5.75. The Bertz CT molecular complexity index is 345. The molecule has 23 heavy (non-hydrogen) atoms. The molecule has 0 heterocycles. The average Bonchev–Trinajstić information content (AvgIpc) is 2.59. The Labute approximate surface area is 141 Å². The van der Waals surface area contributed by atoms with Crippen molar-refractivity contribution in [1.29, 1.82) is 0 Å². The zero-order valence-corrected chi connectivity index (χ0v) is 15.1. The van der Waals surface area contributed by atoms with E-state index in [1.54, 1.807) is 0 Å². The highest BCUT2D eigenvalue weighted by atomic mass is 16.5. The van der Waals surface area contributed by atoms with Gasteiger partial charge in [0.15, 0.2) is 0 Å². The Balaban J connectivity index is 2.30. The molecule has 1 aliphatic rings. The van der Waals surface area contributed by atoms with Gasteiger partial charge in [0.1, 0.15) is 0 Å². The van der Waals surface area contributed by atoms with Gasteiger partial charge in [0.25, 0.3) is 0 Å². The zero-order valence-electron chi connectivity index (χ0n) is 15.1. The molecule has 0 aromatic heterocycles. The molecule has 0 aliphatic heterocycles. The van der Waals surface area contributed by atoms with Crippen molar-refractivity contribution in [2.24, 2.45) is 17.8 Å². The highest BCUT2D eigenvalue weighted by Gasteiger charge is 2.31. The Morgan fingerprint density at radius 2 is 1.52 bits per heavy atom. The van der Waals surface area contributed by atoms with Crippen LogP contribution >= 0.6 is 0 Å². The lowest BCUT2D eigenvalue weighted by molar-refractivity contribution is -0.154. The number of carbonyl (C=O) groups is 2. The molecule has 1 rings (SSSR count). The first kappa shape index (κ1) is 20.0. The maximum Gasteiger partial charge on any atom is 0.308 e. The summed E-state index contributed by atoms with van der Waals surface area (Å²) in [6.45, 7) is 4.95. The van der Waals surface area contributed by atoms with Gasteiger partial charge in [-0.05, 0) is 44.4 Å². The fourth-order valence-corrected chi connectivity index (χ4v) is 3.45. The second-order valence-corrected chi connectivity index (χ2v) is 6.85. The SMILES string of the molecule is CCCCCC(CCC)COC(=O)C1CCC(C(=O)OC)CC1. The quantitative estimate of drug-likeness (QED) is 0.438. The first-order chi connectivity index (χ1) is 11.1. The van der Waals surface area contributed by atoms with Crippen molar-refractivity contribution in [2.75, 3.05) is 13.7 Å². The van der Waals surface area contributed by atoms with Crippen molar-refractivity contribution in [1.82, 2.24) is 0 Å². The first-order valence-corrected chi connectivity index (χ1v) is 9.36. The van der Waals surface area contributed by atoms with Crippen molar-refractivity contribution in [3.8, 4) is 0 Å². The number of methoxy groups -OCH3 is 1. The molecule has 4 heteroatoms. The summed E-state index contributed by atoms with van der Waals surface area (Å²) in [5.41, 5.74) is 0. The zero-order chi connectivity index (χ0) is 17.1. The van der Waals surface area contributed by atoms with Gasteiger partial charge in [-0.2, -0.15) is 0 Å². The van der Waals surface area contributed by atoms with Crippen LogP contribution < -0.4 is 0 Å². The monoisotopic (exact) mass is 326 g/mol. The molecule has 0 amide bonds. The number of ether oxygens (including phenoxy) is 2. The molecule has 0 aromatic rings. The van der Waals surface area contributed by atoms with Crippen LogP contribution in [0.2, 0.25) is 0 Å². The van der Waals surface area contributed by atoms with Crippen molar-refractivity contribution in [3.05, 3.63) is 0 Å². The van der Waals surface area contributed by atoms with Gasteiger partial charge in [0, 0.05) is 0 Å². The van der Waals surface area contributed by atoms with E-state index in [2.05, 4.69) is 13.8 Å². The van der Waals surface area contributed by atoms with Gasteiger partial charge < -0.3 is 9.47 Å². The van der Waals surface area contributed by atoms with E-state index < -0.39 is 0 Å². The molecule has 0 aromatic carbocycles. The topological polar surface area (TPSA) is 52.6 Å². The number of esters is 2. The third-order valence-corrected chi connectivity index (χ3v) is 4.97. The number of hydrogen-bond donors (Lipinski definition) is 0. The van der Waals surface area contributed by atoms with Crippen LogP contribution in [-0.2, 0) is 19.1 Å². The molecule has 1 unspecified atom stereocenters. The van der Waals surface area contributed by atoms with Gasteiger partial charge in [0.05, 0.1) is 25.6 Å². The summed E-state index contributed by atoms with van der Waals surface area (Å²) in [7, 11) is 1.43. The molecule has 0 N–H and O–H groups in total. The van der Waals surface area contributed by atoms with Crippen molar-refractivity contribution < 1.29 is 19.1 Å². The minimum atomic E-state index is -0.143. The number of carbonyl (C=O) groups excluding carboxylic acids is 2. The van der Waals surface area contributed by atoms with Crippen LogP contribution in [0.4, 0.5) is 0 Å². The summed E-state index contributed by atoms with van der Waals surface area (Å²) in [5.74, 6) is 0.224. The third kappa shape index (κ3) is 7.36. The van der Waals surface area contributed by atoms with E-state index in [1.165, 1.54) is 26.4 Å². The molecule has 1 atom stereocenters. The Kier molecular flexibility index (Phi) is 9.97. The van der Waals surface area contributed by atoms with Crippen LogP contribution in [0.3, 0.4) is 0 Å². The second kappa shape index (κ2) is 11.5. The number of rotatable bonds is 10. The van der Waals surface area contributed by atoms with Gasteiger partial charge in [-0.1, -0.05) is 39.5 Å². The second-order valence-electron chi connectivity index (χ2n) is 6.85. The third-order valence-electron chi connectivity index (χ3n) is 4.97. The normalized spacial score (nSPS) is 22.4. The average molecular weight is 326 g/mol. The van der Waals surface area contributed by atoms with Crippen molar-refractivity contribution in [2.45, 2.75) is 78.1 Å². The Hall–Kier alpha value is -1.06. The van der Waals surface area contributed by atoms with Gasteiger partial charge in [0.2, 0.25) is 0 Å². The van der Waals surface area contributed by atoms with Crippen LogP contribution in [0.15, 0.2) is 0 Å². The van der Waals surface area contributed by atoms with Gasteiger partial charge in [-0.15, -0.1) is 0 Å². The van der Waals surface area contributed by atoms with Crippen LogP contribution in [0, 0.1) is 17.8 Å². The lowest BCUT2D eigenvalue weighted by Gasteiger charge is -2.26. The predicted molar refractivity (Wildman–Crippen MR) is 91.0 cm³/mol. The summed E-state index contributed by atoms with van der Waals surface area (Å²) >= 11 is 0. The van der Waals surface area contributed by atoms with Crippen LogP contribution in [0.5, 0.6) is 0 Å². The highest BCUT2D eigenvalue weighted by Crippen LogP contribution is 2.30. The van der Waals surface area contributed by atoms with E-state index in [-0.39, 0.29) is 23.8 Å². The van der Waals surface area contributed by atoms with Crippen molar-refractivity contribution >= 4 is 11.9 Å². The fourth-order valence-electron chi connectivity index (χ4n) is 3.45. The largest absolute Gasteiger partial charge is 0.469 e. The molecular formula is C19H34O4. The van der Waals surface area contributed by atoms with Gasteiger partial charge in [-0.25, -0.2) is 0 Å². The smallest absolute Gasteiger partial charge is 0.308 e. The lowest BCUT2D eigenvalue weighted by atomic mass is 9.82. The molecule has 0 bridgehead atoms. The van der Waals surface area contributed by atoms with E-state index in [9.17, 15) is 9.59 Å². The summed E-state index contributed by atoms with van der Waals surface area (Å²) in [5, 5.41) is 0. The molecule has 1 fully saturated rings. The van der Waals surface area contributed by atoms with Crippen LogP contribution in [0.1, 0.15) is 78.1 Å². The van der Waals surface area contributed by atoms with E-state index in [0.717, 1.165) is 44.9 Å². The van der Waals surface area contributed by atoms with Gasteiger partial charge in [-0.3, -0.25) is 9.59 Å². The van der Waals surface area contributed by atoms with Gasteiger partial charge >= 0.3 is 11.9 Å². The summed E-state index contributed by atoms with van der Waals surface area (Å²) in [6, 6.07) is 0. The maximum atomic E-state index is 12.2. The van der Waals surface area contributed by atoms with Crippen LogP contribution in [0.25, 0.3) is 0 Å². The summed E-state index contributed by atoms with van der Waals surface area (Å²) < 4.78 is 10.4. The molecule has 134 valence electrons. The van der Waals surface area contributed by atoms with E-state index in [1.807, 2.05) is 0 Å². The molecule has 1 aliphatic carbocycles. The fraction of sp³-hybridized carbons (Fsp3) is 0.895. The predicted octanol–water partition coefficient (Wildman–Crippen LogP) is 4.51. The molecule has 0 radical (unpaired) electrons. The minimum Gasteiger partial charge on any atom is -0.469 e. The van der Waals surface area contributed by atoms with Crippen LogP contribution in [-0.4, -0.2) is 25.7 Å².